The third kappa shape index (κ3) is 3.26. The largest absolute Gasteiger partial charge is 0.480 e. The molecule has 3 N–H and O–H groups in total. The normalized spacial score (nSPS) is 19.0. The maximum absolute atomic E-state index is 12.1. The summed E-state index contributed by atoms with van der Waals surface area (Å²) in [6, 6.07) is 6.83. The van der Waals surface area contributed by atoms with E-state index >= 15 is 0 Å². The molecule has 0 bridgehead atoms. The van der Waals surface area contributed by atoms with Gasteiger partial charge in [-0.1, -0.05) is 26.0 Å². The molecule has 3 aromatic heterocycles. The number of nitrogens with one attached hydrogen (secondary N) is 2. The van der Waals surface area contributed by atoms with E-state index in [1.807, 2.05) is 37.4 Å². The second-order valence-electron chi connectivity index (χ2n) is 8.30. The summed E-state index contributed by atoms with van der Waals surface area (Å²) in [7, 11) is 0. The zero-order chi connectivity index (χ0) is 21.7. The third-order valence-corrected chi connectivity index (χ3v) is 5.80. The number of carboxylic acids is 1. The molecule has 1 aliphatic heterocycles. The van der Waals surface area contributed by atoms with Crippen LogP contribution in [0.25, 0.3) is 22.1 Å². The van der Waals surface area contributed by atoms with Crippen LogP contribution < -0.4 is 10.2 Å². The van der Waals surface area contributed by atoms with Gasteiger partial charge in [0, 0.05) is 36.2 Å². The molecule has 4 heterocycles. The highest BCUT2D eigenvalue weighted by atomic mass is 16.4. The predicted molar refractivity (Wildman–Crippen MR) is 118 cm³/mol. The van der Waals surface area contributed by atoms with E-state index in [1.54, 1.807) is 4.90 Å². The molecule has 1 saturated heterocycles. The first kappa shape index (κ1) is 19.3. The number of fused-ring (bicyclic) bond motifs is 3. The van der Waals surface area contributed by atoms with Gasteiger partial charge in [0.1, 0.15) is 23.0 Å². The number of carboxylic acid groups (broad SMARTS) is 1. The van der Waals surface area contributed by atoms with Crippen LogP contribution in [0, 0.1) is 6.92 Å². The number of nitrogens with zero attached hydrogens (tertiary/aromatic N) is 4. The van der Waals surface area contributed by atoms with E-state index in [1.165, 1.54) is 0 Å². The van der Waals surface area contributed by atoms with Crippen molar-refractivity contribution in [3.63, 3.8) is 0 Å². The molecule has 2 atom stereocenters. The van der Waals surface area contributed by atoms with Gasteiger partial charge in [-0.15, -0.1) is 0 Å². The zero-order valence-electron chi connectivity index (χ0n) is 17.6. The molecule has 0 saturated carbocycles. The molecular weight excluding hydrogens is 396 g/mol. The lowest BCUT2D eigenvalue weighted by atomic mass is 10.1. The second-order valence-corrected chi connectivity index (χ2v) is 8.30. The van der Waals surface area contributed by atoms with Crippen LogP contribution in [0.4, 0.5) is 11.6 Å². The minimum absolute atomic E-state index is 0.100. The average molecular weight is 420 g/mol. The number of para-hydroxylation sites is 1. The Bertz CT molecular complexity index is 1280. The lowest BCUT2D eigenvalue weighted by Gasteiger charge is -2.22. The molecule has 0 aliphatic carbocycles. The van der Waals surface area contributed by atoms with Crippen molar-refractivity contribution < 1.29 is 14.3 Å². The van der Waals surface area contributed by atoms with Crippen LogP contribution in [0.1, 0.15) is 37.6 Å². The fourth-order valence-corrected chi connectivity index (χ4v) is 4.34. The Balaban J connectivity index is 1.55. The maximum Gasteiger partial charge on any atom is 0.326 e. The van der Waals surface area contributed by atoms with Gasteiger partial charge in [0.2, 0.25) is 0 Å². The monoisotopic (exact) mass is 420 g/mol. The summed E-state index contributed by atoms with van der Waals surface area (Å²) in [4.78, 5) is 23.1. The average Bonchev–Trinajstić information content (AvgIpc) is 3.44. The van der Waals surface area contributed by atoms with Crippen molar-refractivity contribution in [1.82, 2.24) is 20.2 Å². The molecule has 5 rings (SSSR count). The summed E-state index contributed by atoms with van der Waals surface area (Å²) in [6.07, 6.45) is 2.30. The number of carbonyl (C=O) groups is 1. The Hall–Kier alpha value is -3.62. The van der Waals surface area contributed by atoms with Crippen LogP contribution in [0.15, 0.2) is 34.9 Å². The van der Waals surface area contributed by atoms with Crippen LogP contribution in [-0.4, -0.2) is 49.9 Å². The molecule has 4 aromatic rings. The van der Waals surface area contributed by atoms with E-state index in [9.17, 15) is 9.90 Å². The van der Waals surface area contributed by atoms with Crippen molar-refractivity contribution >= 4 is 39.7 Å². The van der Waals surface area contributed by atoms with Crippen molar-refractivity contribution in [3.8, 4) is 0 Å². The van der Waals surface area contributed by atoms with E-state index in [0.717, 1.165) is 16.8 Å². The Morgan fingerprint density at radius 1 is 1.32 bits per heavy atom. The van der Waals surface area contributed by atoms with E-state index in [4.69, 9.17) is 4.42 Å². The molecule has 9 nitrogen and oxygen atoms in total. The minimum Gasteiger partial charge on any atom is -0.480 e. The zero-order valence-corrected chi connectivity index (χ0v) is 17.6. The molecule has 31 heavy (non-hydrogen) atoms. The number of aryl methyl sites for hydroxylation is 1. The van der Waals surface area contributed by atoms with Crippen LogP contribution >= 0.6 is 0 Å². The topological polar surface area (TPSA) is 120 Å². The van der Waals surface area contributed by atoms with Crippen LogP contribution in [-0.2, 0) is 4.79 Å². The number of hydrogen-bond acceptors (Lipinski definition) is 7. The summed E-state index contributed by atoms with van der Waals surface area (Å²) in [5.41, 5.74) is 3.00. The van der Waals surface area contributed by atoms with Gasteiger partial charge in [-0.05, 0) is 25.0 Å². The third-order valence-electron chi connectivity index (χ3n) is 5.80. The molecule has 0 spiro atoms. The van der Waals surface area contributed by atoms with Crippen molar-refractivity contribution in [2.24, 2.45) is 0 Å². The van der Waals surface area contributed by atoms with E-state index < -0.39 is 12.0 Å². The smallest absolute Gasteiger partial charge is 0.326 e. The molecular formula is C22H24N6O3. The summed E-state index contributed by atoms with van der Waals surface area (Å²) in [5, 5.41) is 21.5. The van der Waals surface area contributed by atoms with Crippen molar-refractivity contribution in [3.05, 3.63) is 41.9 Å². The highest BCUT2D eigenvalue weighted by Crippen LogP contribution is 2.36. The standard InChI is InChI=1S/C22H24N6O3/c1-11(2)15-9-23-27-20(15)26-13-8-16(22(29)30)28(10-13)21-19-18(24-12(3)25-21)14-6-4-5-7-17(14)31-19/h4-7,9,11,13,16H,8,10H2,1-3H3,(H,29,30)(H2,23,26,27)/t13-,16-/m0/s1. The lowest BCUT2D eigenvalue weighted by molar-refractivity contribution is -0.138. The highest BCUT2D eigenvalue weighted by molar-refractivity contribution is 6.06. The van der Waals surface area contributed by atoms with Crippen molar-refractivity contribution in [2.75, 3.05) is 16.8 Å². The van der Waals surface area contributed by atoms with Crippen LogP contribution in [0.2, 0.25) is 0 Å². The molecule has 0 amide bonds. The molecule has 9 heteroatoms. The summed E-state index contributed by atoms with van der Waals surface area (Å²) < 4.78 is 6.07. The number of benzene rings is 1. The molecule has 1 fully saturated rings. The number of furan rings is 1. The second kappa shape index (κ2) is 7.26. The van der Waals surface area contributed by atoms with Crippen LogP contribution in [0.3, 0.4) is 0 Å². The van der Waals surface area contributed by atoms with E-state index in [2.05, 4.69) is 39.3 Å². The summed E-state index contributed by atoms with van der Waals surface area (Å²) in [5.74, 6) is 1.26. The van der Waals surface area contributed by atoms with E-state index in [0.29, 0.717) is 47.2 Å². The quantitative estimate of drug-likeness (QED) is 0.447. The van der Waals surface area contributed by atoms with Crippen molar-refractivity contribution in [2.45, 2.75) is 45.2 Å². The van der Waals surface area contributed by atoms with Crippen LogP contribution in [0.5, 0.6) is 0 Å². The number of H-pyrrole nitrogens is 1. The van der Waals surface area contributed by atoms with Gasteiger partial charge in [-0.25, -0.2) is 14.8 Å². The Morgan fingerprint density at radius 2 is 2.13 bits per heavy atom. The number of rotatable bonds is 5. The predicted octanol–water partition coefficient (Wildman–Crippen LogP) is 3.67. The number of hydrogen-bond donors (Lipinski definition) is 3. The Kier molecular flexibility index (Phi) is 4.53. The molecule has 0 unspecified atom stereocenters. The molecule has 0 radical (unpaired) electrons. The van der Waals surface area contributed by atoms with E-state index in [-0.39, 0.29) is 6.04 Å². The SMILES string of the molecule is Cc1nc(N2C[C@@H](Nc3n[nH]cc3C(C)C)C[C@H]2C(=O)O)c2oc3ccccc3c2n1. The molecule has 1 aliphatic rings. The number of aromatic amines is 1. The Morgan fingerprint density at radius 3 is 2.90 bits per heavy atom. The first-order valence-electron chi connectivity index (χ1n) is 10.4. The van der Waals surface area contributed by atoms with Gasteiger partial charge in [-0.2, -0.15) is 5.10 Å². The lowest BCUT2D eigenvalue weighted by Crippen LogP contribution is -2.37. The van der Waals surface area contributed by atoms with Gasteiger partial charge in [0.05, 0.1) is 0 Å². The van der Waals surface area contributed by atoms with Gasteiger partial charge in [0.15, 0.2) is 17.2 Å². The summed E-state index contributed by atoms with van der Waals surface area (Å²) >= 11 is 0. The molecule has 1 aromatic carbocycles. The maximum atomic E-state index is 12.1. The highest BCUT2D eigenvalue weighted by Gasteiger charge is 2.40. The summed E-state index contributed by atoms with van der Waals surface area (Å²) in [6.45, 7) is 6.47. The fourth-order valence-electron chi connectivity index (χ4n) is 4.34. The van der Waals surface area contributed by atoms with Gasteiger partial charge in [-0.3, -0.25) is 5.10 Å². The molecule has 160 valence electrons. The minimum atomic E-state index is -0.893. The number of aromatic nitrogens is 4. The Labute approximate surface area is 178 Å². The van der Waals surface area contributed by atoms with Gasteiger partial charge < -0.3 is 19.7 Å². The van der Waals surface area contributed by atoms with Gasteiger partial charge in [0.25, 0.3) is 0 Å². The first-order valence-corrected chi connectivity index (χ1v) is 10.4. The van der Waals surface area contributed by atoms with Gasteiger partial charge >= 0.3 is 5.97 Å². The number of aliphatic carboxylic acids is 1. The first-order chi connectivity index (χ1) is 14.9. The van der Waals surface area contributed by atoms with Crippen molar-refractivity contribution in [1.29, 1.82) is 0 Å². The number of anilines is 2. The fraction of sp³-hybridized carbons (Fsp3) is 0.364.